The molecule has 5 heteroatoms. The normalized spacial score (nSPS) is 18.3. The molecule has 0 aromatic carbocycles. The quantitative estimate of drug-likeness (QED) is 0.747. The Labute approximate surface area is 138 Å². The first-order valence-corrected chi connectivity index (χ1v) is 8.35. The number of rotatable bonds is 8. The van der Waals surface area contributed by atoms with E-state index in [2.05, 4.69) is 11.9 Å². The summed E-state index contributed by atoms with van der Waals surface area (Å²) in [5.41, 5.74) is 0.931. The zero-order valence-corrected chi connectivity index (χ0v) is 13.7. The molecule has 1 aromatic heterocycles. The van der Waals surface area contributed by atoms with Gasteiger partial charge >= 0.3 is 5.97 Å². The molecule has 23 heavy (non-hydrogen) atoms. The van der Waals surface area contributed by atoms with Gasteiger partial charge < -0.3 is 9.84 Å². The number of nitrogens with zero attached hydrogens (tertiary/aromatic N) is 2. The Morgan fingerprint density at radius 1 is 1.48 bits per heavy atom. The van der Waals surface area contributed by atoms with Crippen molar-refractivity contribution in [2.24, 2.45) is 0 Å². The minimum atomic E-state index is -0.773. The maximum absolute atomic E-state index is 11.5. The standard InChI is InChI=1S/C18H26N2O3/c1-2-3-4-8-17(18(21)22)20-12-9-16(10-13-20)23-14-15-7-5-6-11-19-15/h4-8,11,16-17H,2-3,9-10,12-14H2,1H3,(H,21,22)/b8-4+. The van der Waals surface area contributed by atoms with Gasteiger partial charge in [0.15, 0.2) is 0 Å². The van der Waals surface area contributed by atoms with E-state index in [1.165, 1.54) is 0 Å². The van der Waals surface area contributed by atoms with Crippen molar-refractivity contribution < 1.29 is 14.6 Å². The highest BCUT2D eigenvalue weighted by atomic mass is 16.5. The minimum Gasteiger partial charge on any atom is -0.480 e. The van der Waals surface area contributed by atoms with Gasteiger partial charge in [0.05, 0.1) is 18.4 Å². The molecule has 0 spiro atoms. The molecule has 1 aliphatic rings. The average Bonchev–Trinajstić information content (AvgIpc) is 2.58. The first-order valence-electron chi connectivity index (χ1n) is 8.35. The van der Waals surface area contributed by atoms with Gasteiger partial charge in [-0.15, -0.1) is 0 Å². The van der Waals surface area contributed by atoms with Crippen LogP contribution in [0.3, 0.4) is 0 Å². The second-order valence-corrected chi connectivity index (χ2v) is 5.87. The zero-order valence-electron chi connectivity index (χ0n) is 13.7. The summed E-state index contributed by atoms with van der Waals surface area (Å²) in [7, 11) is 0. The third-order valence-electron chi connectivity index (χ3n) is 4.09. The lowest BCUT2D eigenvalue weighted by atomic mass is 10.0. The highest BCUT2D eigenvalue weighted by Crippen LogP contribution is 2.18. The maximum Gasteiger partial charge on any atom is 0.324 e. The summed E-state index contributed by atoms with van der Waals surface area (Å²) in [6.45, 7) is 4.11. The molecule has 1 unspecified atom stereocenters. The van der Waals surface area contributed by atoms with Gasteiger partial charge in [-0.1, -0.05) is 31.6 Å². The number of ether oxygens (including phenoxy) is 1. The molecular formula is C18H26N2O3. The molecule has 0 amide bonds. The van der Waals surface area contributed by atoms with Crippen LogP contribution >= 0.6 is 0 Å². The predicted octanol–water partition coefficient (Wildman–Crippen LogP) is 2.87. The van der Waals surface area contributed by atoms with Crippen molar-refractivity contribution in [3.05, 3.63) is 42.2 Å². The molecular weight excluding hydrogens is 292 g/mol. The monoisotopic (exact) mass is 318 g/mol. The van der Waals surface area contributed by atoms with Crippen molar-refractivity contribution in [2.75, 3.05) is 13.1 Å². The number of carboxylic acid groups (broad SMARTS) is 1. The van der Waals surface area contributed by atoms with Crippen molar-refractivity contribution in [1.29, 1.82) is 0 Å². The zero-order chi connectivity index (χ0) is 16.5. The molecule has 1 N–H and O–H groups in total. The Kier molecular flexibility index (Phi) is 7.23. The molecule has 1 aliphatic heterocycles. The number of allylic oxidation sites excluding steroid dienone is 1. The van der Waals surface area contributed by atoms with Gasteiger partial charge in [-0.25, -0.2) is 0 Å². The van der Waals surface area contributed by atoms with Crippen molar-refractivity contribution in [2.45, 2.75) is 51.4 Å². The number of hydrogen-bond acceptors (Lipinski definition) is 4. The fourth-order valence-corrected chi connectivity index (χ4v) is 2.76. The van der Waals surface area contributed by atoms with Crippen molar-refractivity contribution >= 4 is 5.97 Å². The van der Waals surface area contributed by atoms with E-state index in [0.29, 0.717) is 6.61 Å². The van der Waals surface area contributed by atoms with Gasteiger partial charge in [-0.3, -0.25) is 14.7 Å². The van der Waals surface area contributed by atoms with Crippen LogP contribution < -0.4 is 0 Å². The number of likely N-dealkylation sites (tertiary alicyclic amines) is 1. The molecule has 126 valence electrons. The fourth-order valence-electron chi connectivity index (χ4n) is 2.76. The molecule has 0 aliphatic carbocycles. The molecule has 0 bridgehead atoms. The third kappa shape index (κ3) is 5.77. The maximum atomic E-state index is 11.5. The number of aromatic nitrogens is 1. The van der Waals surface area contributed by atoms with E-state index >= 15 is 0 Å². The third-order valence-corrected chi connectivity index (χ3v) is 4.09. The largest absolute Gasteiger partial charge is 0.480 e. The lowest BCUT2D eigenvalue weighted by Gasteiger charge is -2.34. The van der Waals surface area contributed by atoms with E-state index in [1.807, 2.05) is 35.3 Å². The fraction of sp³-hybridized carbons (Fsp3) is 0.556. The van der Waals surface area contributed by atoms with Crippen LogP contribution in [0.15, 0.2) is 36.5 Å². The second-order valence-electron chi connectivity index (χ2n) is 5.87. The summed E-state index contributed by atoms with van der Waals surface area (Å²) < 4.78 is 5.90. The Morgan fingerprint density at radius 3 is 2.87 bits per heavy atom. The van der Waals surface area contributed by atoms with Gasteiger partial charge in [0.2, 0.25) is 0 Å². The Hall–Kier alpha value is -1.72. The molecule has 2 heterocycles. The van der Waals surface area contributed by atoms with E-state index in [1.54, 1.807) is 6.20 Å². The summed E-state index contributed by atoms with van der Waals surface area (Å²) >= 11 is 0. The average molecular weight is 318 g/mol. The van der Waals surface area contributed by atoms with Crippen molar-refractivity contribution in [3.8, 4) is 0 Å². The van der Waals surface area contributed by atoms with E-state index in [-0.39, 0.29) is 6.10 Å². The van der Waals surface area contributed by atoms with Crippen LogP contribution in [0.25, 0.3) is 0 Å². The Morgan fingerprint density at radius 2 is 2.26 bits per heavy atom. The highest BCUT2D eigenvalue weighted by Gasteiger charge is 2.28. The SMILES string of the molecule is CCC/C=C/C(C(=O)O)N1CCC(OCc2ccccn2)CC1. The number of carbonyl (C=O) groups is 1. The molecule has 0 saturated carbocycles. The highest BCUT2D eigenvalue weighted by molar-refractivity contribution is 5.75. The predicted molar refractivity (Wildman–Crippen MR) is 89.1 cm³/mol. The number of unbranched alkanes of at least 4 members (excludes halogenated alkanes) is 1. The van der Waals surface area contributed by atoms with E-state index in [4.69, 9.17) is 4.74 Å². The van der Waals surface area contributed by atoms with Gasteiger partial charge in [0.25, 0.3) is 0 Å². The lowest BCUT2D eigenvalue weighted by Crippen LogP contribution is -2.46. The topological polar surface area (TPSA) is 62.7 Å². The van der Waals surface area contributed by atoms with Gasteiger partial charge in [0, 0.05) is 19.3 Å². The summed E-state index contributed by atoms with van der Waals surface area (Å²) in [5, 5.41) is 9.41. The Balaban J connectivity index is 1.78. The van der Waals surface area contributed by atoms with Gasteiger partial charge in [-0.2, -0.15) is 0 Å². The molecule has 5 nitrogen and oxygen atoms in total. The summed E-state index contributed by atoms with van der Waals surface area (Å²) in [6.07, 6.45) is 9.42. The smallest absolute Gasteiger partial charge is 0.324 e. The molecule has 1 fully saturated rings. The first kappa shape index (κ1) is 17.6. The molecule has 1 aromatic rings. The van der Waals surface area contributed by atoms with Crippen molar-refractivity contribution in [3.63, 3.8) is 0 Å². The summed E-state index contributed by atoms with van der Waals surface area (Å²) in [6, 6.07) is 5.28. The first-order chi connectivity index (χ1) is 11.2. The molecule has 1 atom stereocenters. The van der Waals surface area contributed by atoms with Crippen LogP contribution in [0.4, 0.5) is 0 Å². The van der Waals surface area contributed by atoms with Crippen LogP contribution in [0.5, 0.6) is 0 Å². The number of piperidine rings is 1. The van der Waals surface area contributed by atoms with Crippen LogP contribution in [-0.2, 0) is 16.1 Å². The molecule has 1 saturated heterocycles. The van der Waals surface area contributed by atoms with Crippen LogP contribution in [0.1, 0.15) is 38.3 Å². The van der Waals surface area contributed by atoms with Crippen LogP contribution in [0, 0.1) is 0 Å². The van der Waals surface area contributed by atoms with Crippen molar-refractivity contribution in [1.82, 2.24) is 9.88 Å². The summed E-state index contributed by atoms with van der Waals surface area (Å²) in [4.78, 5) is 17.7. The number of pyridine rings is 1. The van der Waals surface area contributed by atoms with E-state index < -0.39 is 12.0 Å². The Bertz CT molecular complexity index is 496. The van der Waals surface area contributed by atoms with E-state index in [9.17, 15) is 9.90 Å². The lowest BCUT2D eigenvalue weighted by molar-refractivity contribution is -0.142. The summed E-state index contributed by atoms with van der Waals surface area (Å²) in [5.74, 6) is -0.773. The van der Waals surface area contributed by atoms with Gasteiger partial charge in [0.1, 0.15) is 6.04 Å². The number of hydrogen-bond donors (Lipinski definition) is 1. The number of aliphatic carboxylic acids is 1. The second kappa shape index (κ2) is 9.43. The number of carboxylic acids is 1. The van der Waals surface area contributed by atoms with Crippen LogP contribution in [0.2, 0.25) is 0 Å². The molecule has 0 radical (unpaired) electrons. The van der Waals surface area contributed by atoms with Gasteiger partial charge in [-0.05, 0) is 31.4 Å². The van der Waals surface area contributed by atoms with Crippen LogP contribution in [-0.4, -0.2) is 46.2 Å². The minimum absolute atomic E-state index is 0.183. The molecule has 2 rings (SSSR count). The van der Waals surface area contributed by atoms with E-state index in [0.717, 1.165) is 44.5 Å².